The molecule has 0 saturated carbocycles. The van der Waals surface area contributed by atoms with Crippen molar-refractivity contribution in [3.05, 3.63) is 16.1 Å². The zero-order chi connectivity index (χ0) is 14.7. The number of hydrogen-bond acceptors (Lipinski definition) is 8. The molecule has 0 atom stereocenters. The molecule has 3 heterocycles. The van der Waals surface area contributed by atoms with Crippen LogP contribution in [0, 0.1) is 6.92 Å². The van der Waals surface area contributed by atoms with Gasteiger partial charge in [0.2, 0.25) is 17.8 Å². The van der Waals surface area contributed by atoms with Crippen molar-refractivity contribution in [1.82, 2.24) is 19.9 Å². The fourth-order valence-electron chi connectivity index (χ4n) is 2.34. The minimum atomic E-state index is 0.263. The van der Waals surface area contributed by atoms with Gasteiger partial charge >= 0.3 is 0 Å². The zero-order valence-electron chi connectivity index (χ0n) is 12.0. The first-order valence-corrected chi connectivity index (χ1v) is 8.00. The molecular formula is C13H19N7S. The van der Waals surface area contributed by atoms with Gasteiger partial charge in [0.25, 0.3) is 0 Å². The molecule has 2 aromatic rings. The molecule has 2 aromatic heterocycles. The first-order chi connectivity index (χ1) is 10.2. The van der Waals surface area contributed by atoms with Crippen molar-refractivity contribution in [2.75, 3.05) is 35.6 Å². The molecule has 112 valence electrons. The summed E-state index contributed by atoms with van der Waals surface area (Å²) in [5.41, 5.74) is 6.86. The molecule has 0 radical (unpaired) electrons. The number of rotatable bonds is 5. The van der Waals surface area contributed by atoms with Gasteiger partial charge in [-0.1, -0.05) is 0 Å². The molecule has 21 heavy (non-hydrogen) atoms. The number of anilines is 3. The lowest BCUT2D eigenvalue weighted by Crippen LogP contribution is -2.22. The lowest BCUT2D eigenvalue weighted by Gasteiger charge is -2.15. The number of nitrogens with two attached hydrogens (primary N) is 1. The highest BCUT2D eigenvalue weighted by atomic mass is 32.1. The summed E-state index contributed by atoms with van der Waals surface area (Å²) < 4.78 is 0. The molecule has 0 aromatic carbocycles. The van der Waals surface area contributed by atoms with Gasteiger partial charge in [-0.05, 0) is 19.8 Å². The van der Waals surface area contributed by atoms with Crippen molar-refractivity contribution in [3.63, 3.8) is 0 Å². The van der Waals surface area contributed by atoms with Crippen molar-refractivity contribution in [2.24, 2.45) is 0 Å². The molecule has 0 spiro atoms. The highest BCUT2D eigenvalue weighted by molar-refractivity contribution is 7.09. The third-order valence-electron chi connectivity index (χ3n) is 3.36. The van der Waals surface area contributed by atoms with Crippen LogP contribution >= 0.6 is 11.3 Å². The van der Waals surface area contributed by atoms with Gasteiger partial charge in [0.15, 0.2) is 0 Å². The Morgan fingerprint density at radius 3 is 2.76 bits per heavy atom. The molecule has 7 nitrogen and oxygen atoms in total. The Balaban J connectivity index is 1.61. The average molecular weight is 305 g/mol. The molecule has 1 aliphatic rings. The minimum absolute atomic E-state index is 0.263. The van der Waals surface area contributed by atoms with E-state index < -0.39 is 0 Å². The smallest absolute Gasteiger partial charge is 0.231 e. The van der Waals surface area contributed by atoms with E-state index in [0.717, 1.165) is 36.8 Å². The molecule has 0 amide bonds. The maximum atomic E-state index is 5.77. The Hall–Kier alpha value is -1.96. The van der Waals surface area contributed by atoms with E-state index in [9.17, 15) is 0 Å². The van der Waals surface area contributed by atoms with Crippen molar-refractivity contribution >= 4 is 29.2 Å². The molecule has 1 fully saturated rings. The first kappa shape index (κ1) is 14.0. The number of hydrogen-bond donors (Lipinski definition) is 2. The maximum Gasteiger partial charge on any atom is 0.231 e. The van der Waals surface area contributed by atoms with E-state index in [4.69, 9.17) is 5.73 Å². The van der Waals surface area contributed by atoms with Gasteiger partial charge in [-0.2, -0.15) is 15.0 Å². The van der Waals surface area contributed by atoms with E-state index in [1.807, 2.05) is 6.92 Å². The molecule has 3 N–H and O–H groups in total. The fourth-order valence-corrected chi connectivity index (χ4v) is 2.99. The Bertz CT molecular complexity index is 606. The summed E-state index contributed by atoms with van der Waals surface area (Å²) in [6, 6.07) is 0. The van der Waals surface area contributed by atoms with E-state index in [1.165, 1.54) is 12.8 Å². The highest BCUT2D eigenvalue weighted by Gasteiger charge is 2.16. The number of aromatic nitrogens is 4. The van der Waals surface area contributed by atoms with E-state index in [0.29, 0.717) is 11.9 Å². The second kappa shape index (κ2) is 6.21. The van der Waals surface area contributed by atoms with Crippen LogP contribution in [0.2, 0.25) is 0 Å². The van der Waals surface area contributed by atoms with Gasteiger partial charge in [0.1, 0.15) is 0 Å². The van der Waals surface area contributed by atoms with E-state index >= 15 is 0 Å². The predicted molar refractivity (Wildman–Crippen MR) is 84.7 cm³/mol. The second-order valence-electron chi connectivity index (χ2n) is 5.05. The van der Waals surface area contributed by atoms with Gasteiger partial charge in [-0.15, -0.1) is 11.3 Å². The third kappa shape index (κ3) is 3.57. The summed E-state index contributed by atoms with van der Waals surface area (Å²) in [5.74, 6) is 1.47. The summed E-state index contributed by atoms with van der Waals surface area (Å²) in [6.45, 7) is 4.71. The lowest BCUT2D eigenvalue weighted by atomic mass is 10.3. The van der Waals surface area contributed by atoms with Gasteiger partial charge in [-0.25, -0.2) is 4.98 Å². The number of nitrogens with one attached hydrogen (secondary N) is 1. The number of nitrogens with zero attached hydrogens (tertiary/aromatic N) is 5. The number of nitrogen functional groups attached to an aromatic ring is 1. The van der Waals surface area contributed by atoms with Crippen LogP contribution in [-0.2, 0) is 6.42 Å². The average Bonchev–Trinajstić information content (AvgIpc) is 3.10. The van der Waals surface area contributed by atoms with Crippen LogP contribution in [0.15, 0.2) is 5.38 Å². The molecule has 0 unspecified atom stereocenters. The van der Waals surface area contributed by atoms with Crippen LogP contribution in [0.1, 0.15) is 23.5 Å². The Kier molecular flexibility index (Phi) is 4.14. The SMILES string of the molecule is Cc1nc(CCNc2nc(N)nc(N3CCCC3)n2)cs1. The predicted octanol–water partition coefficient (Wildman–Crippen LogP) is 1.47. The lowest BCUT2D eigenvalue weighted by molar-refractivity contribution is 0.875. The number of aryl methyl sites for hydroxylation is 1. The molecule has 0 aliphatic carbocycles. The van der Waals surface area contributed by atoms with Gasteiger partial charge in [0.05, 0.1) is 10.7 Å². The summed E-state index contributed by atoms with van der Waals surface area (Å²) in [4.78, 5) is 19.4. The monoisotopic (exact) mass is 305 g/mol. The van der Waals surface area contributed by atoms with Crippen molar-refractivity contribution in [3.8, 4) is 0 Å². The molecule has 1 aliphatic heterocycles. The summed E-state index contributed by atoms with van der Waals surface area (Å²) in [7, 11) is 0. The third-order valence-corrected chi connectivity index (χ3v) is 4.18. The highest BCUT2D eigenvalue weighted by Crippen LogP contribution is 2.17. The topological polar surface area (TPSA) is 92.8 Å². The van der Waals surface area contributed by atoms with Crippen LogP contribution in [0.25, 0.3) is 0 Å². The number of thiazole rings is 1. The molecule has 0 bridgehead atoms. The van der Waals surface area contributed by atoms with Crippen LogP contribution < -0.4 is 16.0 Å². The van der Waals surface area contributed by atoms with Crippen LogP contribution in [0.5, 0.6) is 0 Å². The van der Waals surface area contributed by atoms with E-state index in [2.05, 4.69) is 35.5 Å². The normalized spacial score (nSPS) is 14.6. The first-order valence-electron chi connectivity index (χ1n) is 7.12. The van der Waals surface area contributed by atoms with Gasteiger partial charge in [0, 0.05) is 31.4 Å². The Morgan fingerprint density at radius 2 is 2.05 bits per heavy atom. The van der Waals surface area contributed by atoms with Gasteiger partial charge < -0.3 is 16.0 Å². The molecule has 1 saturated heterocycles. The quantitative estimate of drug-likeness (QED) is 0.864. The van der Waals surface area contributed by atoms with Crippen LogP contribution in [0.4, 0.5) is 17.8 Å². The summed E-state index contributed by atoms with van der Waals surface area (Å²) >= 11 is 1.67. The summed E-state index contributed by atoms with van der Waals surface area (Å²) in [5, 5.41) is 6.37. The maximum absolute atomic E-state index is 5.77. The summed E-state index contributed by atoms with van der Waals surface area (Å²) in [6.07, 6.45) is 3.20. The second-order valence-corrected chi connectivity index (χ2v) is 6.11. The van der Waals surface area contributed by atoms with Crippen LogP contribution in [-0.4, -0.2) is 39.6 Å². The van der Waals surface area contributed by atoms with Crippen molar-refractivity contribution in [2.45, 2.75) is 26.2 Å². The standard InChI is InChI=1S/C13H19N7S/c1-9-16-10(8-21-9)4-5-15-12-17-11(14)18-13(19-12)20-6-2-3-7-20/h8H,2-7H2,1H3,(H3,14,15,17,18,19). The van der Waals surface area contributed by atoms with Crippen molar-refractivity contribution in [1.29, 1.82) is 0 Å². The van der Waals surface area contributed by atoms with E-state index in [-0.39, 0.29) is 5.95 Å². The van der Waals surface area contributed by atoms with Gasteiger partial charge in [-0.3, -0.25) is 0 Å². The molecule has 8 heteroatoms. The Morgan fingerprint density at radius 1 is 1.24 bits per heavy atom. The van der Waals surface area contributed by atoms with Crippen LogP contribution in [0.3, 0.4) is 0 Å². The fraction of sp³-hybridized carbons (Fsp3) is 0.538. The van der Waals surface area contributed by atoms with E-state index in [1.54, 1.807) is 11.3 Å². The largest absolute Gasteiger partial charge is 0.368 e. The van der Waals surface area contributed by atoms with Crippen molar-refractivity contribution < 1.29 is 0 Å². The minimum Gasteiger partial charge on any atom is -0.368 e. The molecule has 3 rings (SSSR count). The molecular weight excluding hydrogens is 286 g/mol. The zero-order valence-corrected chi connectivity index (χ0v) is 12.9. The Labute approximate surface area is 127 Å².